The molecule has 1 unspecified atom stereocenters. The number of benzene rings is 1. The van der Waals surface area contributed by atoms with E-state index in [1.165, 1.54) is 0 Å². The van der Waals surface area contributed by atoms with E-state index in [9.17, 15) is 0 Å². The predicted molar refractivity (Wildman–Crippen MR) is 88.9 cm³/mol. The van der Waals surface area contributed by atoms with Crippen molar-refractivity contribution in [2.45, 2.75) is 39.2 Å². The van der Waals surface area contributed by atoms with E-state index in [4.69, 9.17) is 4.98 Å². The summed E-state index contributed by atoms with van der Waals surface area (Å²) in [5.74, 6) is 0.788. The summed E-state index contributed by atoms with van der Waals surface area (Å²) < 4.78 is 0. The van der Waals surface area contributed by atoms with Gasteiger partial charge >= 0.3 is 0 Å². The smallest absolute Gasteiger partial charge is 0.201 e. The van der Waals surface area contributed by atoms with Gasteiger partial charge in [-0.05, 0) is 19.1 Å². The molecule has 110 valence electrons. The standard InChI is InChI=1S/C16H20N4S/c1-10(14-20-13(9-21-14)16(2,3)4)17-15-18-11-7-5-6-8-12(11)19-15/h5-10H,1-4H3,(H2,17,18,19). The molecule has 0 fully saturated rings. The Morgan fingerprint density at radius 3 is 2.62 bits per heavy atom. The van der Waals surface area contributed by atoms with E-state index in [-0.39, 0.29) is 11.5 Å². The fourth-order valence-corrected chi connectivity index (χ4v) is 3.17. The molecule has 1 aromatic carbocycles. The number of aromatic nitrogens is 3. The van der Waals surface area contributed by atoms with Gasteiger partial charge in [-0.2, -0.15) is 0 Å². The second-order valence-electron chi connectivity index (χ2n) is 6.29. The number of fused-ring (bicyclic) bond motifs is 1. The third-order valence-corrected chi connectivity index (χ3v) is 4.43. The van der Waals surface area contributed by atoms with Crippen molar-refractivity contribution in [1.29, 1.82) is 0 Å². The molecule has 0 aliphatic heterocycles. The molecule has 0 aliphatic carbocycles. The van der Waals surface area contributed by atoms with Crippen LogP contribution < -0.4 is 5.32 Å². The molecule has 4 nitrogen and oxygen atoms in total. The molecule has 0 aliphatic rings. The Balaban J connectivity index is 1.79. The zero-order chi connectivity index (χ0) is 15.0. The summed E-state index contributed by atoms with van der Waals surface area (Å²) in [5.41, 5.74) is 3.25. The van der Waals surface area contributed by atoms with Crippen LogP contribution in [-0.2, 0) is 5.41 Å². The van der Waals surface area contributed by atoms with Gasteiger partial charge in [0.1, 0.15) is 5.01 Å². The number of rotatable bonds is 3. The maximum Gasteiger partial charge on any atom is 0.201 e. The first kappa shape index (κ1) is 14.1. The lowest BCUT2D eigenvalue weighted by Gasteiger charge is -2.15. The van der Waals surface area contributed by atoms with Gasteiger partial charge in [0.25, 0.3) is 0 Å². The number of hydrogen-bond donors (Lipinski definition) is 2. The van der Waals surface area contributed by atoms with Crippen molar-refractivity contribution in [3.63, 3.8) is 0 Å². The molecule has 3 rings (SSSR count). The predicted octanol–water partition coefficient (Wildman–Crippen LogP) is 4.49. The van der Waals surface area contributed by atoms with Crippen LogP contribution in [0.25, 0.3) is 11.0 Å². The summed E-state index contributed by atoms with van der Waals surface area (Å²) in [6, 6.07) is 8.16. The van der Waals surface area contributed by atoms with E-state index in [0.29, 0.717) is 0 Å². The van der Waals surface area contributed by atoms with Crippen LogP contribution in [0.3, 0.4) is 0 Å². The molecule has 21 heavy (non-hydrogen) atoms. The number of anilines is 1. The SMILES string of the molecule is CC(Nc1nc2ccccc2[nH]1)c1nc(C(C)(C)C)cs1. The molecule has 3 aromatic rings. The van der Waals surface area contributed by atoms with Gasteiger partial charge in [0.05, 0.1) is 22.8 Å². The molecule has 0 amide bonds. The largest absolute Gasteiger partial charge is 0.347 e. The minimum absolute atomic E-state index is 0.0911. The minimum atomic E-state index is 0.0911. The van der Waals surface area contributed by atoms with E-state index in [2.05, 4.69) is 48.4 Å². The number of para-hydroxylation sites is 2. The quantitative estimate of drug-likeness (QED) is 0.749. The molecule has 1 atom stereocenters. The summed E-state index contributed by atoms with van der Waals surface area (Å²) in [6.07, 6.45) is 0. The normalized spacial score (nSPS) is 13.5. The van der Waals surface area contributed by atoms with Crippen molar-refractivity contribution in [3.05, 3.63) is 40.3 Å². The lowest BCUT2D eigenvalue weighted by molar-refractivity contribution is 0.569. The topological polar surface area (TPSA) is 53.6 Å². The highest BCUT2D eigenvalue weighted by atomic mass is 32.1. The first-order valence-electron chi connectivity index (χ1n) is 7.10. The van der Waals surface area contributed by atoms with E-state index in [0.717, 1.165) is 27.7 Å². The van der Waals surface area contributed by atoms with E-state index in [1.54, 1.807) is 11.3 Å². The second-order valence-corrected chi connectivity index (χ2v) is 7.18. The Morgan fingerprint density at radius 1 is 1.19 bits per heavy atom. The molecule has 0 saturated heterocycles. The Morgan fingerprint density at radius 2 is 1.95 bits per heavy atom. The third kappa shape index (κ3) is 2.93. The van der Waals surface area contributed by atoms with Crippen LogP contribution in [0.15, 0.2) is 29.6 Å². The molecule has 2 aromatic heterocycles. The fourth-order valence-electron chi connectivity index (χ4n) is 2.12. The van der Waals surface area contributed by atoms with E-state index in [1.807, 2.05) is 24.3 Å². The average Bonchev–Trinajstić information content (AvgIpc) is 3.04. The van der Waals surface area contributed by atoms with E-state index >= 15 is 0 Å². The Bertz CT molecular complexity index is 718. The maximum absolute atomic E-state index is 4.75. The monoisotopic (exact) mass is 300 g/mol. The van der Waals surface area contributed by atoms with Crippen LogP contribution in [0.1, 0.15) is 44.4 Å². The first-order valence-corrected chi connectivity index (χ1v) is 7.98. The number of imidazole rings is 1. The molecule has 0 saturated carbocycles. The highest BCUT2D eigenvalue weighted by Gasteiger charge is 2.19. The number of thiazole rings is 1. The van der Waals surface area contributed by atoms with Crippen LogP contribution in [0.4, 0.5) is 5.95 Å². The Hall–Kier alpha value is -1.88. The molecule has 5 heteroatoms. The highest BCUT2D eigenvalue weighted by molar-refractivity contribution is 7.09. The van der Waals surface area contributed by atoms with Gasteiger partial charge in [0.2, 0.25) is 5.95 Å². The molecule has 2 N–H and O–H groups in total. The lowest BCUT2D eigenvalue weighted by atomic mass is 9.93. The van der Waals surface area contributed by atoms with Gasteiger partial charge in [-0.3, -0.25) is 0 Å². The van der Waals surface area contributed by atoms with Gasteiger partial charge in [-0.1, -0.05) is 32.9 Å². The Kier molecular flexibility index (Phi) is 3.45. The number of nitrogens with zero attached hydrogens (tertiary/aromatic N) is 2. The van der Waals surface area contributed by atoms with Crippen LogP contribution >= 0.6 is 11.3 Å². The molecular formula is C16H20N4S. The van der Waals surface area contributed by atoms with Crippen LogP contribution in [0.2, 0.25) is 0 Å². The summed E-state index contributed by atoms with van der Waals surface area (Å²) >= 11 is 1.70. The highest BCUT2D eigenvalue weighted by Crippen LogP contribution is 2.28. The van der Waals surface area contributed by atoms with Crippen LogP contribution in [0.5, 0.6) is 0 Å². The van der Waals surface area contributed by atoms with Gasteiger partial charge < -0.3 is 10.3 Å². The third-order valence-electron chi connectivity index (χ3n) is 3.40. The summed E-state index contributed by atoms with van der Waals surface area (Å²) in [6.45, 7) is 8.66. The minimum Gasteiger partial charge on any atom is -0.347 e. The number of aromatic amines is 1. The van der Waals surface area contributed by atoms with Gasteiger partial charge in [0.15, 0.2) is 0 Å². The summed E-state index contributed by atoms with van der Waals surface area (Å²) in [5, 5.41) is 6.62. The first-order chi connectivity index (χ1) is 9.93. The molecular weight excluding hydrogens is 280 g/mol. The van der Waals surface area contributed by atoms with Crippen LogP contribution in [0, 0.1) is 0 Å². The summed E-state index contributed by atoms with van der Waals surface area (Å²) in [4.78, 5) is 12.6. The maximum atomic E-state index is 4.75. The van der Waals surface area contributed by atoms with Crippen LogP contribution in [-0.4, -0.2) is 15.0 Å². The second kappa shape index (κ2) is 5.15. The van der Waals surface area contributed by atoms with Crippen molar-refractivity contribution in [2.24, 2.45) is 0 Å². The fraction of sp³-hybridized carbons (Fsp3) is 0.375. The van der Waals surface area contributed by atoms with Crippen molar-refractivity contribution >= 4 is 28.3 Å². The molecule has 0 bridgehead atoms. The van der Waals surface area contributed by atoms with Crippen molar-refractivity contribution in [1.82, 2.24) is 15.0 Å². The van der Waals surface area contributed by atoms with Gasteiger partial charge in [-0.25, -0.2) is 9.97 Å². The number of hydrogen-bond acceptors (Lipinski definition) is 4. The number of H-pyrrole nitrogens is 1. The molecule has 0 radical (unpaired) electrons. The average molecular weight is 300 g/mol. The van der Waals surface area contributed by atoms with Gasteiger partial charge in [-0.15, -0.1) is 11.3 Å². The van der Waals surface area contributed by atoms with Crippen molar-refractivity contribution < 1.29 is 0 Å². The van der Waals surface area contributed by atoms with Gasteiger partial charge in [0, 0.05) is 10.8 Å². The zero-order valence-electron chi connectivity index (χ0n) is 12.8. The number of nitrogens with one attached hydrogen (secondary N) is 2. The lowest BCUT2D eigenvalue weighted by Crippen LogP contribution is -2.13. The zero-order valence-corrected chi connectivity index (χ0v) is 13.6. The van der Waals surface area contributed by atoms with Crippen molar-refractivity contribution in [3.8, 4) is 0 Å². The molecule has 2 heterocycles. The Labute approximate surface area is 128 Å². The van der Waals surface area contributed by atoms with Crippen molar-refractivity contribution in [2.75, 3.05) is 5.32 Å². The summed E-state index contributed by atoms with van der Waals surface area (Å²) in [7, 11) is 0. The molecule has 0 spiro atoms. The van der Waals surface area contributed by atoms with E-state index < -0.39 is 0 Å².